The van der Waals surface area contributed by atoms with Crippen LogP contribution in [0.3, 0.4) is 0 Å². The molecular formula is C36H31N3O6S. The lowest BCUT2D eigenvalue weighted by Gasteiger charge is -2.12. The average Bonchev–Trinajstić information content (AvgIpc) is 3.56. The summed E-state index contributed by atoms with van der Waals surface area (Å²) in [6.07, 6.45) is 1.49. The second kappa shape index (κ2) is 15.3. The van der Waals surface area contributed by atoms with Gasteiger partial charge in [0.15, 0.2) is 0 Å². The number of anilines is 2. The third-order valence-electron chi connectivity index (χ3n) is 6.62. The fourth-order valence-corrected chi connectivity index (χ4v) is 5.03. The molecule has 0 spiro atoms. The lowest BCUT2D eigenvalue weighted by atomic mass is 10.2. The summed E-state index contributed by atoms with van der Waals surface area (Å²) in [6, 6.07) is 33.9. The van der Waals surface area contributed by atoms with Crippen molar-refractivity contribution >= 4 is 46.9 Å². The number of hydrogen-bond acceptors (Lipinski definition) is 7. The Kier molecular flexibility index (Phi) is 10.5. The number of methoxy groups -OCH3 is 2. The minimum absolute atomic E-state index is 0.00658. The number of carbonyl (C=O) groups is 3. The Morgan fingerprint density at radius 1 is 0.739 bits per heavy atom. The van der Waals surface area contributed by atoms with E-state index in [1.165, 1.54) is 17.8 Å². The lowest BCUT2D eigenvalue weighted by molar-refractivity contribution is -0.114. The molecule has 3 amide bonds. The zero-order chi connectivity index (χ0) is 32.3. The van der Waals surface area contributed by atoms with Crippen molar-refractivity contribution in [1.29, 1.82) is 0 Å². The predicted octanol–water partition coefficient (Wildman–Crippen LogP) is 7.10. The summed E-state index contributed by atoms with van der Waals surface area (Å²) in [5, 5.41) is 8.39. The summed E-state index contributed by atoms with van der Waals surface area (Å²) in [5.74, 6) is 1.16. The van der Waals surface area contributed by atoms with Gasteiger partial charge in [0.1, 0.15) is 28.7 Å². The van der Waals surface area contributed by atoms with Crippen LogP contribution in [0.25, 0.3) is 17.4 Å². The first-order chi connectivity index (χ1) is 22.4. The van der Waals surface area contributed by atoms with Gasteiger partial charge in [-0.05, 0) is 48.5 Å². The maximum atomic E-state index is 13.4. The normalized spacial score (nSPS) is 11.0. The molecule has 4 aromatic carbocycles. The largest absolute Gasteiger partial charge is 0.497 e. The van der Waals surface area contributed by atoms with Crippen LogP contribution in [0.2, 0.25) is 0 Å². The molecule has 232 valence electrons. The van der Waals surface area contributed by atoms with E-state index >= 15 is 0 Å². The molecule has 0 aliphatic rings. The van der Waals surface area contributed by atoms with Crippen molar-refractivity contribution < 1.29 is 28.3 Å². The number of benzene rings is 4. The third-order valence-corrected chi connectivity index (χ3v) is 7.63. The van der Waals surface area contributed by atoms with Crippen molar-refractivity contribution in [1.82, 2.24) is 5.32 Å². The highest BCUT2D eigenvalue weighted by Crippen LogP contribution is 2.27. The van der Waals surface area contributed by atoms with E-state index in [0.29, 0.717) is 40.0 Å². The highest BCUT2D eigenvalue weighted by atomic mass is 32.2. The van der Waals surface area contributed by atoms with Crippen LogP contribution in [0.1, 0.15) is 16.1 Å². The molecule has 0 aliphatic carbocycles. The van der Waals surface area contributed by atoms with Crippen LogP contribution in [-0.2, 0) is 9.59 Å². The summed E-state index contributed by atoms with van der Waals surface area (Å²) < 4.78 is 16.5. The molecular weight excluding hydrogens is 602 g/mol. The zero-order valence-electron chi connectivity index (χ0n) is 25.1. The van der Waals surface area contributed by atoms with Gasteiger partial charge in [-0.25, -0.2) is 0 Å². The highest BCUT2D eigenvalue weighted by molar-refractivity contribution is 8.00. The molecule has 10 heteroatoms. The van der Waals surface area contributed by atoms with Gasteiger partial charge in [0, 0.05) is 51.7 Å². The Labute approximate surface area is 270 Å². The zero-order valence-corrected chi connectivity index (χ0v) is 25.9. The van der Waals surface area contributed by atoms with Gasteiger partial charge in [-0.3, -0.25) is 14.4 Å². The van der Waals surface area contributed by atoms with E-state index in [0.717, 1.165) is 10.5 Å². The Hall–Kier alpha value is -5.74. The predicted molar refractivity (Wildman–Crippen MR) is 180 cm³/mol. The van der Waals surface area contributed by atoms with Crippen LogP contribution in [-0.4, -0.2) is 37.7 Å². The molecule has 0 aliphatic heterocycles. The Morgan fingerprint density at radius 3 is 2.04 bits per heavy atom. The molecule has 1 heterocycles. The molecule has 5 rings (SSSR count). The number of nitrogens with one attached hydrogen (secondary N) is 3. The summed E-state index contributed by atoms with van der Waals surface area (Å²) in [6.45, 7) is 0. The number of thioether (sulfide) groups is 1. The molecule has 0 fully saturated rings. The van der Waals surface area contributed by atoms with Gasteiger partial charge in [0.05, 0.1) is 20.0 Å². The first-order valence-electron chi connectivity index (χ1n) is 14.2. The van der Waals surface area contributed by atoms with Crippen molar-refractivity contribution in [3.63, 3.8) is 0 Å². The second-order valence-corrected chi connectivity index (χ2v) is 10.9. The molecule has 0 saturated heterocycles. The monoisotopic (exact) mass is 633 g/mol. The van der Waals surface area contributed by atoms with Gasteiger partial charge < -0.3 is 29.8 Å². The highest BCUT2D eigenvalue weighted by Gasteiger charge is 2.17. The quantitative estimate of drug-likeness (QED) is 0.0990. The molecule has 0 saturated carbocycles. The van der Waals surface area contributed by atoms with Gasteiger partial charge >= 0.3 is 0 Å². The van der Waals surface area contributed by atoms with Gasteiger partial charge in [-0.15, -0.1) is 11.8 Å². The first-order valence-corrected chi connectivity index (χ1v) is 15.2. The number of hydrogen-bond donors (Lipinski definition) is 3. The molecule has 3 N–H and O–H groups in total. The topological polar surface area (TPSA) is 119 Å². The van der Waals surface area contributed by atoms with Crippen LogP contribution in [0.15, 0.2) is 130 Å². The standard InChI is InChI=1S/C36H31N3O6S/c1-43-29-19-27(20-30(21-29)44-2)37-34(40)23-46-31-16-13-26(14-17-31)38-36(42)32(39-35(41)25-11-7-4-8-12-25)22-28-15-18-33(45-28)24-9-5-3-6-10-24/h3-22H,23H2,1-2H3,(H,37,40)(H,38,42)(H,39,41)/b32-22-. The summed E-state index contributed by atoms with van der Waals surface area (Å²) >= 11 is 1.34. The summed E-state index contributed by atoms with van der Waals surface area (Å²) in [4.78, 5) is 39.8. The molecule has 0 unspecified atom stereocenters. The van der Waals surface area contributed by atoms with Crippen LogP contribution < -0.4 is 25.4 Å². The number of ether oxygens (including phenoxy) is 2. The van der Waals surface area contributed by atoms with Crippen molar-refractivity contribution in [2.24, 2.45) is 0 Å². The van der Waals surface area contributed by atoms with Crippen molar-refractivity contribution in [3.8, 4) is 22.8 Å². The van der Waals surface area contributed by atoms with E-state index in [2.05, 4.69) is 16.0 Å². The van der Waals surface area contributed by atoms with E-state index in [-0.39, 0.29) is 17.4 Å². The lowest BCUT2D eigenvalue weighted by Crippen LogP contribution is -2.30. The van der Waals surface area contributed by atoms with Crippen molar-refractivity contribution in [3.05, 3.63) is 132 Å². The minimum Gasteiger partial charge on any atom is -0.497 e. The fourth-order valence-electron chi connectivity index (χ4n) is 4.33. The number of furan rings is 1. The molecule has 1 aromatic heterocycles. The smallest absolute Gasteiger partial charge is 0.272 e. The molecule has 46 heavy (non-hydrogen) atoms. The minimum atomic E-state index is -0.532. The van der Waals surface area contributed by atoms with Crippen molar-refractivity contribution in [2.45, 2.75) is 4.90 Å². The molecule has 0 radical (unpaired) electrons. The summed E-state index contributed by atoms with van der Waals surface area (Å²) in [5.41, 5.74) is 2.37. The van der Waals surface area contributed by atoms with Gasteiger partial charge in [0.2, 0.25) is 5.91 Å². The number of amides is 3. The molecule has 0 bridgehead atoms. The van der Waals surface area contributed by atoms with Gasteiger partial charge in [0.25, 0.3) is 11.8 Å². The molecule has 5 aromatic rings. The van der Waals surface area contributed by atoms with E-state index in [1.807, 2.05) is 30.3 Å². The maximum absolute atomic E-state index is 13.4. The third kappa shape index (κ3) is 8.67. The van der Waals surface area contributed by atoms with Gasteiger partial charge in [-0.1, -0.05) is 48.5 Å². The van der Waals surface area contributed by atoms with E-state index in [9.17, 15) is 14.4 Å². The average molecular weight is 634 g/mol. The Balaban J connectivity index is 1.24. The first kappa shape index (κ1) is 31.7. The Morgan fingerprint density at radius 2 is 1.39 bits per heavy atom. The van der Waals surface area contributed by atoms with Crippen molar-refractivity contribution in [2.75, 3.05) is 30.6 Å². The van der Waals surface area contributed by atoms with E-state index in [4.69, 9.17) is 13.9 Å². The Bertz CT molecular complexity index is 1810. The number of rotatable bonds is 12. The van der Waals surface area contributed by atoms with Gasteiger partial charge in [-0.2, -0.15) is 0 Å². The number of carbonyl (C=O) groups excluding carboxylic acids is 3. The van der Waals surface area contributed by atoms with E-state index < -0.39 is 11.8 Å². The SMILES string of the molecule is COc1cc(NC(=O)CSc2ccc(NC(=O)/C(=C/c3ccc(-c4ccccc4)o3)NC(=O)c3ccccc3)cc2)cc(OC)c1. The summed E-state index contributed by atoms with van der Waals surface area (Å²) in [7, 11) is 3.09. The van der Waals surface area contributed by atoms with Crippen LogP contribution >= 0.6 is 11.8 Å². The second-order valence-electron chi connectivity index (χ2n) is 9.86. The maximum Gasteiger partial charge on any atom is 0.272 e. The molecule has 0 atom stereocenters. The van der Waals surface area contributed by atoms with Crippen LogP contribution in [0.5, 0.6) is 11.5 Å². The van der Waals surface area contributed by atoms with Crippen LogP contribution in [0, 0.1) is 0 Å². The van der Waals surface area contributed by atoms with Crippen LogP contribution in [0.4, 0.5) is 11.4 Å². The molecule has 9 nitrogen and oxygen atoms in total. The fraction of sp³-hybridized carbons (Fsp3) is 0.0833. The van der Waals surface area contributed by atoms with E-state index in [1.54, 1.807) is 99.1 Å².